The third-order valence-electron chi connectivity index (χ3n) is 7.00. The second kappa shape index (κ2) is 10.8. The molecule has 1 aliphatic heterocycles. The van der Waals surface area contributed by atoms with Crippen LogP contribution < -0.4 is 10.6 Å². The largest absolute Gasteiger partial charge is 0.468 e. The van der Waals surface area contributed by atoms with Gasteiger partial charge in [0.2, 0.25) is 11.8 Å². The van der Waals surface area contributed by atoms with E-state index in [2.05, 4.69) is 46.5 Å². The van der Waals surface area contributed by atoms with Crippen LogP contribution in [0.3, 0.4) is 0 Å². The van der Waals surface area contributed by atoms with Gasteiger partial charge in [-0.3, -0.25) is 24.4 Å². The van der Waals surface area contributed by atoms with Gasteiger partial charge in [-0.05, 0) is 43.5 Å². The molecule has 0 aromatic carbocycles. The third-order valence-corrected chi connectivity index (χ3v) is 7.00. The number of nitrogens with zero attached hydrogens (tertiary/aromatic N) is 3. The summed E-state index contributed by atoms with van der Waals surface area (Å²) in [5.41, 5.74) is 0. The smallest absolute Gasteiger partial charge is 0.233 e. The number of likely N-dealkylation sites (N-methyl/N-ethyl adjacent to an activating group) is 1. The monoisotopic (exact) mass is 555 g/mol. The van der Waals surface area contributed by atoms with E-state index in [-0.39, 0.29) is 65.5 Å². The molecule has 2 heterocycles. The molecule has 8 nitrogen and oxygen atoms in total. The molecule has 1 saturated carbocycles. The van der Waals surface area contributed by atoms with Gasteiger partial charge in [-0.1, -0.05) is 26.0 Å². The zero-order valence-corrected chi connectivity index (χ0v) is 21.3. The number of nitrogens with one attached hydrogen (secondary N) is 2. The fraction of sp³-hybridized carbons (Fsp3) is 0.609. The lowest BCUT2D eigenvalue weighted by Crippen LogP contribution is -2.46. The molecule has 2 N–H and O–H groups in total. The Morgan fingerprint density at radius 3 is 2.38 bits per heavy atom. The van der Waals surface area contributed by atoms with Crippen molar-refractivity contribution in [3.05, 3.63) is 36.3 Å². The van der Waals surface area contributed by atoms with Gasteiger partial charge in [-0.15, -0.1) is 24.0 Å². The molecule has 0 radical (unpaired) electrons. The minimum absolute atomic E-state index is 0. The lowest BCUT2D eigenvalue weighted by molar-refractivity contribution is -0.140. The van der Waals surface area contributed by atoms with Gasteiger partial charge in [-0.2, -0.15) is 0 Å². The van der Waals surface area contributed by atoms with Crippen molar-refractivity contribution in [1.29, 1.82) is 0 Å². The molecule has 1 saturated heterocycles. The molecule has 2 bridgehead atoms. The molecule has 0 spiro atoms. The number of imide groups is 1. The number of aliphatic imine (C=N–C) groups is 1. The molecular formula is C23H34IN5O3. The SMILES string of the molecule is CCN(CC)C(CNC(=NC)NCCN1C(=O)C2C3C=CC(C3)C2C1=O)c1ccco1.I. The Morgan fingerprint density at radius 2 is 1.84 bits per heavy atom. The number of likely N-dealkylation sites (tertiary alicyclic amines) is 1. The van der Waals surface area contributed by atoms with Crippen molar-refractivity contribution in [2.75, 3.05) is 39.8 Å². The Kier molecular flexibility index (Phi) is 8.37. The van der Waals surface area contributed by atoms with E-state index < -0.39 is 0 Å². The summed E-state index contributed by atoms with van der Waals surface area (Å²) in [4.78, 5) is 33.7. The van der Waals surface area contributed by atoms with Crippen molar-refractivity contribution >= 4 is 41.8 Å². The third kappa shape index (κ3) is 4.59. The van der Waals surface area contributed by atoms with Gasteiger partial charge in [0.1, 0.15) is 5.76 Å². The van der Waals surface area contributed by atoms with Crippen molar-refractivity contribution in [2.24, 2.45) is 28.7 Å². The van der Waals surface area contributed by atoms with Gasteiger partial charge < -0.3 is 15.1 Å². The van der Waals surface area contributed by atoms with E-state index in [0.717, 1.165) is 25.3 Å². The fourth-order valence-corrected chi connectivity index (χ4v) is 5.44. The van der Waals surface area contributed by atoms with Crippen LogP contribution in [-0.2, 0) is 9.59 Å². The number of fused-ring (bicyclic) bond motifs is 5. The summed E-state index contributed by atoms with van der Waals surface area (Å²) in [6, 6.07) is 3.98. The molecule has 176 valence electrons. The highest BCUT2D eigenvalue weighted by Gasteiger charge is 2.58. The van der Waals surface area contributed by atoms with Crippen LogP contribution >= 0.6 is 24.0 Å². The van der Waals surface area contributed by atoms with Gasteiger partial charge >= 0.3 is 0 Å². The fourth-order valence-electron chi connectivity index (χ4n) is 5.44. The van der Waals surface area contributed by atoms with E-state index in [1.165, 1.54) is 4.90 Å². The topological polar surface area (TPSA) is 90.2 Å². The van der Waals surface area contributed by atoms with Gasteiger partial charge in [0.25, 0.3) is 0 Å². The van der Waals surface area contributed by atoms with Crippen LogP contribution in [0.25, 0.3) is 0 Å². The number of allylic oxidation sites excluding steroid dienone is 2. The van der Waals surface area contributed by atoms with Crippen LogP contribution in [0.15, 0.2) is 40.0 Å². The minimum Gasteiger partial charge on any atom is -0.468 e. The Balaban J connectivity index is 0.00000289. The second-order valence-corrected chi connectivity index (χ2v) is 8.46. The normalized spacial score (nSPS) is 27.1. The Morgan fingerprint density at radius 1 is 1.19 bits per heavy atom. The highest BCUT2D eigenvalue weighted by molar-refractivity contribution is 14.0. The maximum Gasteiger partial charge on any atom is 0.233 e. The Bertz CT molecular complexity index is 822. The summed E-state index contributed by atoms with van der Waals surface area (Å²) in [5.74, 6) is 1.77. The number of rotatable bonds is 9. The second-order valence-electron chi connectivity index (χ2n) is 8.46. The van der Waals surface area contributed by atoms with Crippen molar-refractivity contribution in [3.63, 3.8) is 0 Å². The average molecular weight is 555 g/mol. The van der Waals surface area contributed by atoms with Crippen molar-refractivity contribution < 1.29 is 14.0 Å². The first-order valence-electron chi connectivity index (χ1n) is 11.3. The van der Waals surface area contributed by atoms with Gasteiger partial charge in [0.05, 0.1) is 24.1 Å². The lowest BCUT2D eigenvalue weighted by atomic mass is 9.85. The predicted molar refractivity (Wildman–Crippen MR) is 134 cm³/mol. The van der Waals surface area contributed by atoms with Crippen LogP contribution in [0, 0.1) is 23.7 Å². The number of hydrogen-bond acceptors (Lipinski definition) is 5. The highest BCUT2D eigenvalue weighted by Crippen LogP contribution is 2.52. The molecule has 5 atom stereocenters. The van der Waals surface area contributed by atoms with Crippen LogP contribution in [0.4, 0.5) is 0 Å². The van der Waals surface area contributed by atoms with Crippen LogP contribution in [0.2, 0.25) is 0 Å². The quantitative estimate of drug-likeness (QED) is 0.160. The number of carbonyl (C=O) groups is 2. The maximum atomic E-state index is 12.8. The number of carbonyl (C=O) groups excluding carboxylic acids is 2. The van der Waals surface area contributed by atoms with Crippen molar-refractivity contribution in [1.82, 2.24) is 20.4 Å². The van der Waals surface area contributed by atoms with Gasteiger partial charge in [-0.25, -0.2) is 0 Å². The molecule has 2 amide bonds. The molecule has 32 heavy (non-hydrogen) atoms. The van der Waals surface area contributed by atoms with Crippen molar-refractivity contribution in [2.45, 2.75) is 26.3 Å². The Hall–Kier alpha value is -1.88. The predicted octanol–water partition coefficient (Wildman–Crippen LogP) is 2.25. The summed E-state index contributed by atoms with van der Waals surface area (Å²) in [6.07, 6.45) is 6.89. The van der Waals surface area contributed by atoms with Crippen LogP contribution in [0.1, 0.15) is 32.1 Å². The zero-order chi connectivity index (χ0) is 22.0. The summed E-state index contributed by atoms with van der Waals surface area (Å²) >= 11 is 0. The van der Waals surface area contributed by atoms with Crippen LogP contribution in [0.5, 0.6) is 0 Å². The van der Waals surface area contributed by atoms with Gasteiger partial charge in [0.15, 0.2) is 5.96 Å². The average Bonchev–Trinajstić information content (AvgIpc) is 3.57. The molecular weight excluding hydrogens is 521 g/mol. The molecule has 9 heteroatoms. The lowest BCUT2D eigenvalue weighted by Gasteiger charge is -2.29. The van der Waals surface area contributed by atoms with E-state index in [0.29, 0.717) is 25.6 Å². The molecule has 2 fully saturated rings. The summed E-state index contributed by atoms with van der Waals surface area (Å²) in [6.45, 7) is 7.55. The number of guanidine groups is 1. The van der Waals surface area contributed by atoms with E-state index in [4.69, 9.17) is 4.42 Å². The first-order chi connectivity index (χ1) is 15.1. The standard InChI is InChI=1S/C23H33N5O3.HI/c1-4-27(5-2)17(18-7-6-12-31-18)14-26-23(24-3)25-10-11-28-21(29)19-15-8-9-16(13-15)20(19)22(28)30;/h6-9,12,15-17,19-20H,4-5,10-11,13-14H2,1-3H3,(H2,24,25,26);1H. The number of halogens is 1. The van der Waals surface area contributed by atoms with E-state index in [9.17, 15) is 9.59 Å². The van der Waals surface area contributed by atoms with E-state index in [1.807, 2.05) is 12.1 Å². The molecule has 3 aliphatic rings. The molecule has 1 aromatic heterocycles. The zero-order valence-electron chi connectivity index (χ0n) is 19.0. The first-order valence-corrected chi connectivity index (χ1v) is 11.3. The highest BCUT2D eigenvalue weighted by atomic mass is 127. The summed E-state index contributed by atoms with van der Waals surface area (Å²) in [5, 5.41) is 6.60. The molecule has 1 aromatic rings. The number of amides is 2. The Labute approximate surface area is 206 Å². The van der Waals surface area contributed by atoms with Gasteiger partial charge in [0, 0.05) is 26.7 Å². The summed E-state index contributed by atoms with van der Waals surface area (Å²) in [7, 11) is 1.72. The minimum atomic E-state index is -0.136. The van der Waals surface area contributed by atoms with E-state index >= 15 is 0 Å². The van der Waals surface area contributed by atoms with Crippen LogP contribution in [-0.4, -0.2) is 67.3 Å². The van der Waals surface area contributed by atoms with E-state index in [1.54, 1.807) is 13.3 Å². The molecule has 4 rings (SSSR count). The number of hydrogen-bond donors (Lipinski definition) is 2. The molecule has 2 aliphatic carbocycles. The number of furan rings is 1. The maximum absolute atomic E-state index is 12.8. The first kappa shape index (κ1) is 24.8. The van der Waals surface area contributed by atoms with Crippen molar-refractivity contribution in [3.8, 4) is 0 Å². The molecule has 5 unspecified atom stereocenters. The summed E-state index contributed by atoms with van der Waals surface area (Å²) < 4.78 is 5.65.